The number of carbonyl (C=O) groups excluding carboxylic acids is 2. The molecule has 0 radical (unpaired) electrons. The van der Waals surface area contributed by atoms with E-state index in [1.807, 2.05) is 48.5 Å². The predicted octanol–water partition coefficient (Wildman–Crippen LogP) is 8.05. The fraction of sp³-hybridized carbons (Fsp3) is 0.194. The van der Waals surface area contributed by atoms with E-state index in [0.717, 1.165) is 46.9 Å². The number of thiophene rings is 1. The molecular formula is C36H31FN4O2S. The minimum atomic E-state index is -0.464. The summed E-state index contributed by atoms with van der Waals surface area (Å²) in [5, 5.41) is 2.75. The number of benzene rings is 3. The van der Waals surface area contributed by atoms with Crippen LogP contribution in [0.1, 0.15) is 55.7 Å². The van der Waals surface area contributed by atoms with Crippen LogP contribution < -0.4 is 15.1 Å². The Bertz CT molecular complexity index is 1850. The Kier molecular flexibility index (Phi) is 7.44. The molecule has 44 heavy (non-hydrogen) atoms. The minimum absolute atomic E-state index is 0.155. The molecule has 2 aliphatic rings. The zero-order valence-electron chi connectivity index (χ0n) is 24.3. The number of nitrogens with one attached hydrogen (secondary N) is 1. The maximum Gasteiger partial charge on any atom is 0.276 e. The third-order valence-corrected chi connectivity index (χ3v) is 9.68. The summed E-state index contributed by atoms with van der Waals surface area (Å²) in [6.45, 7) is 3.10. The molecule has 3 aromatic carbocycles. The van der Waals surface area contributed by atoms with E-state index in [1.165, 1.54) is 23.0 Å². The van der Waals surface area contributed by atoms with Crippen LogP contribution in [-0.2, 0) is 6.42 Å². The third-order valence-electron chi connectivity index (χ3n) is 8.47. The smallest absolute Gasteiger partial charge is 0.276 e. The van der Waals surface area contributed by atoms with Crippen LogP contribution in [0.25, 0.3) is 10.4 Å². The summed E-state index contributed by atoms with van der Waals surface area (Å²) >= 11 is 1.36. The molecule has 220 valence electrons. The third kappa shape index (κ3) is 5.15. The molecule has 0 aliphatic carbocycles. The van der Waals surface area contributed by atoms with Crippen LogP contribution in [-0.4, -0.2) is 29.9 Å². The van der Waals surface area contributed by atoms with Gasteiger partial charge in [0.15, 0.2) is 0 Å². The molecule has 5 aromatic rings. The lowest BCUT2D eigenvalue weighted by molar-refractivity contribution is 0.0981. The standard InChI is InChI=1S/C36H31FN4O2S/c1-23-10-7-14-27(37)33(23)39-35(42)31-22-25-19-21-41(30-16-6-5-13-26(30)34(25)44-31)36(43)28-15-8-18-32(38-28)40-20-9-17-29(40)24-11-3-2-4-12-24/h2-8,10-16,18,22,29H,9,17,19-21H2,1H3,(H,39,42)/t29-/m1/s1. The van der Waals surface area contributed by atoms with Gasteiger partial charge in [-0.3, -0.25) is 9.59 Å². The van der Waals surface area contributed by atoms with Crippen molar-refractivity contribution in [2.24, 2.45) is 0 Å². The quantitative estimate of drug-likeness (QED) is 0.221. The lowest BCUT2D eigenvalue weighted by Crippen LogP contribution is -2.33. The number of rotatable bonds is 5. The maximum atomic E-state index is 14.4. The SMILES string of the molecule is Cc1cccc(F)c1NC(=O)c1cc2c(s1)-c1ccccc1N(C(=O)c1cccc(N3CCC[C@@H]3c3ccccc3)n1)CC2. The number of para-hydroxylation sites is 2. The summed E-state index contributed by atoms with van der Waals surface area (Å²) in [5.41, 5.74) is 5.17. The number of amides is 2. The molecule has 2 amide bonds. The van der Waals surface area contributed by atoms with Crippen LogP contribution in [0.15, 0.2) is 97.1 Å². The van der Waals surface area contributed by atoms with Gasteiger partial charge in [-0.2, -0.15) is 0 Å². The van der Waals surface area contributed by atoms with Gasteiger partial charge in [-0.1, -0.05) is 66.7 Å². The van der Waals surface area contributed by atoms with Gasteiger partial charge in [-0.15, -0.1) is 11.3 Å². The summed E-state index contributed by atoms with van der Waals surface area (Å²) in [6.07, 6.45) is 2.69. The van der Waals surface area contributed by atoms with Crippen LogP contribution in [0.2, 0.25) is 0 Å². The fourth-order valence-electron chi connectivity index (χ4n) is 6.29. The molecule has 2 aromatic heterocycles. The van der Waals surface area contributed by atoms with Crippen molar-refractivity contribution in [1.82, 2.24) is 4.98 Å². The van der Waals surface area contributed by atoms with E-state index in [0.29, 0.717) is 29.1 Å². The van der Waals surface area contributed by atoms with Gasteiger partial charge >= 0.3 is 0 Å². The first-order valence-electron chi connectivity index (χ1n) is 14.9. The van der Waals surface area contributed by atoms with E-state index < -0.39 is 5.82 Å². The normalized spacial score (nSPS) is 15.8. The highest BCUT2D eigenvalue weighted by molar-refractivity contribution is 7.17. The predicted molar refractivity (Wildman–Crippen MR) is 174 cm³/mol. The molecule has 0 spiro atoms. The average molecular weight is 603 g/mol. The summed E-state index contributed by atoms with van der Waals surface area (Å²) in [6, 6.07) is 30.8. The number of pyridine rings is 1. The number of hydrogen-bond acceptors (Lipinski definition) is 5. The van der Waals surface area contributed by atoms with Crippen LogP contribution >= 0.6 is 11.3 Å². The number of aryl methyl sites for hydroxylation is 1. The number of hydrogen-bond donors (Lipinski definition) is 1. The van der Waals surface area contributed by atoms with Crippen molar-refractivity contribution in [1.29, 1.82) is 0 Å². The van der Waals surface area contributed by atoms with Crippen LogP contribution in [0.4, 0.5) is 21.6 Å². The second kappa shape index (κ2) is 11.7. The Morgan fingerprint density at radius 3 is 2.57 bits per heavy atom. The van der Waals surface area contributed by atoms with Gasteiger partial charge in [0.25, 0.3) is 11.8 Å². The Balaban J connectivity index is 1.17. The van der Waals surface area contributed by atoms with Crippen molar-refractivity contribution >= 4 is 40.3 Å². The van der Waals surface area contributed by atoms with Crippen molar-refractivity contribution in [2.75, 3.05) is 28.2 Å². The van der Waals surface area contributed by atoms with Gasteiger partial charge in [0, 0.05) is 23.5 Å². The largest absolute Gasteiger partial charge is 0.350 e. The lowest BCUT2D eigenvalue weighted by Gasteiger charge is -2.27. The number of carbonyl (C=O) groups is 2. The summed E-state index contributed by atoms with van der Waals surface area (Å²) in [7, 11) is 0. The molecule has 1 N–H and O–H groups in total. The molecule has 4 heterocycles. The van der Waals surface area contributed by atoms with Gasteiger partial charge in [0.05, 0.1) is 22.3 Å². The van der Waals surface area contributed by atoms with Gasteiger partial charge in [0.2, 0.25) is 0 Å². The fourth-order valence-corrected chi connectivity index (χ4v) is 7.43. The zero-order valence-corrected chi connectivity index (χ0v) is 25.1. The van der Waals surface area contributed by atoms with E-state index in [2.05, 4.69) is 34.5 Å². The summed E-state index contributed by atoms with van der Waals surface area (Å²) in [4.78, 5) is 37.7. The van der Waals surface area contributed by atoms with Crippen molar-refractivity contribution in [3.8, 4) is 10.4 Å². The van der Waals surface area contributed by atoms with Gasteiger partial charge in [0.1, 0.15) is 17.3 Å². The minimum Gasteiger partial charge on any atom is -0.350 e. The van der Waals surface area contributed by atoms with Crippen LogP contribution in [0.5, 0.6) is 0 Å². The monoisotopic (exact) mass is 602 g/mol. The van der Waals surface area contributed by atoms with Crippen molar-refractivity contribution < 1.29 is 14.0 Å². The van der Waals surface area contributed by atoms with E-state index >= 15 is 0 Å². The Hall–Kier alpha value is -4.82. The van der Waals surface area contributed by atoms with Crippen molar-refractivity contribution in [3.05, 3.63) is 130 Å². The zero-order chi connectivity index (χ0) is 30.2. The van der Waals surface area contributed by atoms with E-state index in [1.54, 1.807) is 30.0 Å². The number of anilines is 3. The molecule has 6 nitrogen and oxygen atoms in total. The molecule has 0 saturated carbocycles. The molecule has 0 unspecified atom stereocenters. The average Bonchev–Trinajstić information content (AvgIpc) is 3.69. The molecule has 2 aliphatic heterocycles. The molecule has 0 bridgehead atoms. The first kappa shape index (κ1) is 28.0. The van der Waals surface area contributed by atoms with Crippen molar-refractivity contribution in [2.45, 2.75) is 32.2 Å². The van der Waals surface area contributed by atoms with Gasteiger partial charge < -0.3 is 15.1 Å². The van der Waals surface area contributed by atoms with E-state index in [9.17, 15) is 14.0 Å². The number of aromatic nitrogens is 1. The number of fused-ring (bicyclic) bond motifs is 3. The molecule has 1 fully saturated rings. The molecule has 8 heteroatoms. The van der Waals surface area contributed by atoms with Crippen LogP contribution in [0, 0.1) is 12.7 Å². The molecule has 1 atom stereocenters. The highest BCUT2D eigenvalue weighted by atomic mass is 32.1. The topological polar surface area (TPSA) is 65.5 Å². The highest BCUT2D eigenvalue weighted by Gasteiger charge is 2.30. The first-order chi connectivity index (χ1) is 21.5. The van der Waals surface area contributed by atoms with Crippen LogP contribution in [0.3, 0.4) is 0 Å². The van der Waals surface area contributed by atoms with E-state index in [4.69, 9.17) is 4.98 Å². The second-order valence-corrected chi connectivity index (χ2v) is 12.3. The maximum absolute atomic E-state index is 14.4. The molecule has 1 saturated heterocycles. The molecule has 7 rings (SSSR count). The second-order valence-electron chi connectivity index (χ2n) is 11.2. The Morgan fingerprint density at radius 2 is 1.73 bits per heavy atom. The Morgan fingerprint density at radius 1 is 0.932 bits per heavy atom. The van der Waals surface area contributed by atoms with Crippen molar-refractivity contribution in [3.63, 3.8) is 0 Å². The van der Waals surface area contributed by atoms with E-state index in [-0.39, 0.29) is 23.5 Å². The highest BCUT2D eigenvalue weighted by Crippen LogP contribution is 2.42. The number of halogens is 1. The lowest BCUT2D eigenvalue weighted by atomic mass is 10.0. The Labute approximate surface area is 259 Å². The summed E-state index contributed by atoms with van der Waals surface area (Å²) < 4.78 is 14.4. The van der Waals surface area contributed by atoms with Gasteiger partial charge in [-0.25, -0.2) is 9.37 Å². The first-order valence-corrected chi connectivity index (χ1v) is 15.7. The molecular weight excluding hydrogens is 571 g/mol. The number of nitrogens with zero attached hydrogens (tertiary/aromatic N) is 3. The summed E-state index contributed by atoms with van der Waals surface area (Å²) in [5.74, 6) is -0.157. The van der Waals surface area contributed by atoms with Gasteiger partial charge in [-0.05, 0) is 73.2 Å².